The minimum absolute atomic E-state index is 0.311. The molecule has 0 atom stereocenters. The van der Waals surface area contributed by atoms with Gasteiger partial charge in [0, 0.05) is 17.8 Å². The number of carbonyl (C=O) groups is 1. The van der Waals surface area contributed by atoms with Gasteiger partial charge in [0.05, 0.1) is 0 Å². The summed E-state index contributed by atoms with van der Waals surface area (Å²) in [5, 5.41) is 11.6. The first-order chi connectivity index (χ1) is 13.6. The Kier molecular flexibility index (Phi) is 6.18. The van der Waals surface area contributed by atoms with E-state index >= 15 is 0 Å². The first-order valence-electron chi connectivity index (χ1n) is 7.33. The first-order valence-corrected chi connectivity index (χ1v) is 8.70. The highest BCUT2D eigenvalue weighted by molar-refractivity contribution is 7.81. The second-order valence-electron chi connectivity index (χ2n) is 5.49. The summed E-state index contributed by atoms with van der Waals surface area (Å²) in [6.07, 6.45) is -5.71. The highest BCUT2D eigenvalue weighted by Gasteiger charge is 2.42. The van der Waals surface area contributed by atoms with Crippen molar-refractivity contribution in [1.29, 1.82) is 0 Å². The Labute approximate surface area is 162 Å². The average Bonchev–Trinajstić information content (AvgIpc) is 2.58. The van der Waals surface area contributed by atoms with Crippen LogP contribution in [0.4, 0.5) is 36.4 Å². The number of alkyl halides is 3. The fourth-order valence-electron chi connectivity index (χ4n) is 2.22. The van der Waals surface area contributed by atoms with Crippen molar-refractivity contribution >= 4 is 22.1 Å². The zero-order chi connectivity index (χ0) is 23.0. The molecule has 0 aliphatic heterocycles. The maximum atomic E-state index is 13.9. The Morgan fingerprint density at radius 1 is 1.03 bits per heavy atom. The van der Waals surface area contributed by atoms with Gasteiger partial charge >= 0.3 is 22.5 Å². The molecule has 0 unspecified atom stereocenters. The van der Waals surface area contributed by atoms with Crippen LogP contribution in [0.2, 0.25) is 0 Å². The second-order valence-corrected chi connectivity index (χ2v) is 6.51. The predicted molar refractivity (Wildman–Crippen MR) is 83.7 cm³/mol. The van der Waals surface area contributed by atoms with Crippen LogP contribution in [0.1, 0.15) is 21.5 Å². The topological polar surface area (TPSA) is 113 Å². The molecule has 15 heteroatoms. The first kappa shape index (κ1) is 23.2. The molecule has 0 spiro atoms. The molecule has 7 nitrogen and oxygen atoms in total. The highest BCUT2D eigenvalue weighted by atomic mass is 32.3. The van der Waals surface area contributed by atoms with Gasteiger partial charge in [0.2, 0.25) is 0 Å². The van der Waals surface area contributed by atoms with Crippen molar-refractivity contribution in [1.82, 2.24) is 0 Å². The Balaban J connectivity index is 2.37. The average molecular weight is 463 g/mol. The van der Waals surface area contributed by atoms with E-state index in [2.05, 4.69) is 9.50 Å². The van der Waals surface area contributed by atoms with Crippen molar-refractivity contribution in [2.45, 2.75) is 12.7 Å². The fourth-order valence-corrected chi connectivity index (χ4v) is 2.50. The van der Waals surface area contributed by atoms with Crippen LogP contribution < -0.4 is 5.32 Å². The van der Waals surface area contributed by atoms with Crippen LogP contribution in [0, 0.1) is 23.3 Å². The summed E-state index contributed by atoms with van der Waals surface area (Å²) in [6, 6.07) is 2.38. The van der Waals surface area contributed by atoms with Crippen molar-refractivity contribution in [3.63, 3.8) is 0 Å². The van der Waals surface area contributed by atoms with Crippen molar-refractivity contribution in [2.75, 3.05) is 5.32 Å². The number of nitrogens with one attached hydrogen (secondary N) is 1. The molecular formula is C15H8F7NO6S. The monoisotopic (exact) mass is 463 g/mol. The van der Waals surface area contributed by atoms with Crippen LogP contribution in [0.5, 0.6) is 5.75 Å². The summed E-state index contributed by atoms with van der Waals surface area (Å²) >= 11 is 0. The molecule has 0 aliphatic rings. The van der Waals surface area contributed by atoms with E-state index in [1.807, 2.05) is 0 Å². The normalized spacial score (nSPS) is 12.0. The van der Waals surface area contributed by atoms with E-state index in [4.69, 9.17) is 4.55 Å². The smallest absolute Gasteiger partial charge is 0.449 e. The van der Waals surface area contributed by atoms with Gasteiger partial charge in [-0.3, -0.25) is 4.55 Å². The summed E-state index contributed by atoms with van der Waals surface area (Å²) < 4.78 is 126. The number of hydrogen-bond donors (Lipinski definition) is 3. The summed E-state index contributed by atoms with van der Waals surface area (Å²) in [4.78, 5) is 11.6. The zero-order valence-corrected chi connectivity index (χ0v) is 14.8. The lowest BCUT2D eigenvalue weighted by molar-refractivity contribution is -0.143. The summed E-state index contributed by atoms with van der Waals surface area (Å²) in [7, 11) is -5.25. The van der Waals surface area contributed by atoms with Crippen LogP contribution in [0.25, 0.3) is 0 Å². The quantitative estimate of drug-likeness (QED) is 0.269. The maximum Gasteiger partial charge on any atom is 0.449 e. The molecular weight excluding hydrogens is 455 g/mol. The molecule has 0 saturated heterocycles. The molecule has 2 rings (SSSR count). The van der Waals surface area contributed by atoms with Crippen molar-refractivity contribution in [2.24, 2.45) is 0 Å². The molecule has 0 radical (unpaired) electrons. The third-order valence-electron chi connectivity index (χ3n) is 3.50. The molecule has 0 saturated carbocycles. The number of anilines is 1. The zero-order valence-electron chi connectivity index (χ0n) is 14.0. The number of benzene rings is 2. The van der Waals surface area contributed by atoms with E-state index in [0.29, 0.717) is 6.07 Å². The highest BCUT2D eigenvalue weighted by Crippen LogP contribution is 2.37. The molecule has 2 aromatic carbocycles. The van der Waals surface area contributed by atoms with Gasteiger partial charge in [-0.15, -0.1) is 0 Å². The Morgan fingerprint density at radius 2 is 1.57 bits per heavy atom. The molecule has 30 heavy (non-hydrogen) atoms. The van der Waals surface area contributed by atoms with E-state index < -0.39 is 74.8 Å². The van der Waals surface area contributed by atoms with Crippen LogP contribution in [0.15, 0.2) is 18.2 Å². The number of carbonyl (C=O) groups excluding carboxylic acids is 1. The molecule has 0 fully saturated rings. The Morgan fingerprint density at radius 3 is 2.03 bits per heavy atom. The minimum atomic E-state index is -5.71. The van der Waals surface area contributed by atoms with E-state index in [9.17, 15) is 49.1 Å². The lowest BCUT2D eigenvalue weighted by atomic mass is 10.1. The van der Waals surface area contributed by atoms with Gasteiger partial charge in [-0.1, -0.05) is 0 Å². The lowest BCUT2D eigenvalue weighted by Crippen LogP contribution is -2.18. The minimum Gasteiger partial charge on any atom is -0.507 e. The Hall–Kier alpha value is -3.07. The lowest BCUT2D eigenvalue weighted by Gasteiger charge is -2.15. The molecule has 3 N–H and O–H groups in total. The number of phenols is 1. The third kappa shape index (κ3) is 4.91. The van der Waals surface area contributed by atoms with Crippen LogP contribution in [-0.4, -0.2) is 24.0 Å². The summed E-state index contributed by atoms with van der Waals surface area (Å²) in [6.45, 7) is -1.12. The number of phenolic OH excluding ortho intramolecular Hbond substituents is 1. The fraction of sp³-hybridized carbons (Fsp3) is 0.133. The van der Waals surface area contributed by atoms with Crippen molar-refractivity contribution < 1.29 is 57.8 Å². The van der Waals surface area contributed by atoms with Gasteiger partial charge in [-0.25, -0.2) is 22.4 Å². The number of hydrogen-bond acceptors (Lipinski definition) is 6. The summed E-state index contributed by atoms with van der Waals surface area (Å²) in [5.74, 6) is -12.6. The van der Waals surface area contributed by atoms with Crippen LogP contribution >= 0.6 is 0 Å². The second kappa shape index (κ2) is 7.98. The number of aromatic hydroxyl groups is 1. The van der Waals surface area contributed by atoms with Gasteiger partial charge < -0.3 is 14.6 Å². The molecule has 0 amide bonds. The van der Waals surface area contributed by atoms with E-state index in [-0.39, 0.29) is 5.69 Å². The predicted octanol–water partition coefficient (Wildman–Crippen LogP) is 3.54. The van der Waals surface area contributed by atoms with Gasteiger partial charge in [-0.05, 0) is 18.2 Å². The van der Waals surface area contributed by atoms with E-state index in [0.717, 1.165) is 12.1 Å². The molecule has 0 bridgehead atoms. The third-order valence-corrected chi connectivity index (χ3v) is 3.87. The number of halogens is 7. The summed E-state index contributed by atoms with van der Waals surface area (Å²) in [5.41, 5.74) is -5.37. The molecule has 0 heterocycles. The standard InChI is InChI=1S/C15H8F7NO6S/c16-10-7(11(17)13(19)9(12(10)18)15(20,21)22)4-23-5-1-2-8(24)6(3-5)14(25)29-30(26,27)28/h1-3,23-24H,4H2,(H,26,27,28). The van der Waals surface area contributed by atoms with E-state index in [1.165, 1.54) is 0 Å². The van der Waals surface area contributed by atoms with Crippen LogP contribution in [-0.2, 0) is 27.3 Å². The van der Waals surface area contributed by atoms with Gasteiger partial charge in [0.25, 0.3) is 0 Å². The van der Waals surface area contributed by atoms with E-state index in [1.54, 1.807) is 0 Å². The number of rotatable bonds is 5. The van der Waals surface area contributed by atoms with Crippen molar-refractivity contribution in [3.05, 3.63) is 58.2 Å². The Bertz CT molecular complexity index is 1090. The van der Waals surface area contributed by atoms with Gasteiger partial charge in [0.1, 0.15) is 16.9 Å². The maximum absolute atomic E-state index is 13.9. The molecule has 0 aliphatic carbocycles. The van der Waals surface area contributed by atoms with Gasteiger partial charge in [0.15, 0.2) is 23.3 Å². The van der Waals surface area contributed by atoms with Crippen LogP contribution in [0.3, 0.4) is 0 Å². The largest absolute Gasteiger partial charge is 0.507 e. The van der Waals surface area contributed by atoms with Crippen molar-refractivity contribution in [3.8, 4) is 5.75 Å². The SMILES string of the molecule is O=C(OS(=O)(=O)O)c1cc(NCc2c(F)c(F)c(C(F)(F)F)c(F)c2F)ccc1O. The molecule has 164 valence electrons. The molecule has 2 aromatic rings. The molecule has 0 aromatic heterocycles. The van der Waals surface area contributed by atoms with Gasteiger partial charge in [-0.2, -0.15) is 21.6 Å².